The van der Waals surface area contributed by atoms with E-state index in [1.165, 1.54) is 13.2 Å². The molecule has 0 saturated carbocycles. The average Bonchev–Trinajstić information content (AvgIpc) is 2.42. The van der Waals surface area contributed by atoms with E-state index in [-0.39, 0.29) is 21.7 Å². The topological polar surface area (TPSA) is 114 Å². The van der Waals surface area contributed by atoms with Gasteiger partial charge in [-0.25, -0.2) is 13.4 Å². The van der Waals surface area contributed by atoms with E-state index in [0.717, 1.165) is 12.3 Å². The number of methoxy groups -OCH3 is 1. The van der Waals surface area contributed by atoms with Crippen LogP contribution in [0.1, 0.15) is 0 Å². The summed E-state index contributed by atoms with van der Waals surface area (Å²) in [4.78, 5) is 3.69. The van der Waals surface area contributed by atoms with Crippen LogP contribution in [0.15, 0.2) is 27.7 Å². The van der Waals surface area contributed by atoms with Crippen LogP contribution in [0.2, 0.25) is 5.15 Å². The van der Waals surface area contributed by atoms with Gasteiger partial charge in [0.15, 0.2) is 10.9 Å². The predicted molar refractivity (Wildman–Crippen MR) is 78.0 cm³/mol. The summed E-state index contributed by atoms with van der Waals surface area (Å²) in [7, 11) is -2.60. The number of pyridine rings is 1. The van der Waals surface area contributed by atoms with E-state index >= 15 is 0 Å². The van der Waals surface area contributed by atoms with Gasteiger partial charge < -0.3 is 9.84 Å². The van der Waals surface area contributed by atoms with Crippen molar-refractivity contribution in [2.75, 3.05) is 11.8 Å². The van der Waals surface area contributed by atoms with E-state index in [9.17, 15) is 13.5 Å². The smallest absolute Gasteiger partial charge is 0.264 e. The maximum absolute atomic E-state index is 12.2. The second-order valence-corrected chi connectivity index (χ2v) is 6.59. The minimum absolute atomic E-state index is 0.0655. The fraction of sp³-hybridized carbons (Fsp3) is 0.100. The third-order valence-electron chi connectivity index (χ3n) is 2.26. The molecule has 0 atom stereocenters. The van der Waals surface area contributed by atoms with Gasteiger partial charge in [0.2, 0.25) is 11.7 Å². The van der Waals surface area contributed by atoms with Gasteiger partial charge in [-0.1, -0.05) is 11.6 Å². The molecule has 21 heavy (non-hydrogen) atoms. The van der Waals surface area contributed by atoms with Gasteiger partial charge in [0.25, 0.3) is 10.0 Å². The SMILES string of the molecule is COc1ncc(S(=O)(=O)Nc2nnc(Cl)cc2O)cc1Br. The first kappa shape index (κ1) is 15.7. The number of nitrogens with one attached hydrogen (secondary N) is 1. The van der Waals surface area contributed by atoms with Crippen LogP contribution in [-0.2, 0) is 10.0 Å². The lowest BCUT2D eigenvalue weighted by Gasteiger charge is -2.09. The Hall–Kier alpha value is -1.65. The van der Waals surface area contributed by atoms with Crippen LogP contribution in [-0.4, -0.2) is 35.8 Å². The van der Waals surface area contributed by atoms with Crippen molar-refractivity contribution >= 4 is 43.4 Å². The lowest BCUT2D eigenvalue weighted by atomic mass is 10.5. The van der Waals surface area contributed by atoms with Crippen LogP contribution < -0.4 is 9.46 Å². The largest absolute Gasteiger partial charge is 0.504 e. The molecule has 112 valence electrons. The van der Waals surface area contributed by atoms with Crippen LogP contribution in [0.4, 0.5) is 5.82 Å². The summed E-state index contributed by atoms with van der Waals surface area (Å²) < 4.78 is 31.7. The van der Waals surface area contributed by atoms with E-state index in [2.05, 4.69) is 35.8 Å². The third-order valence-corrected chi connectivity index (χ3v) is 4.32. The molecule has 2 N–H and O–H groups in total. The van der Waals surface area contributed by atoms with Gasteiger partial charge in [0.05, 0.1) is 17.8 Å². The summed E-state index contributed by atoms with van der Waals surface area (Å²) in [5.41, 5.74) is 0. The molecule has 0 amide bonds. The second-order valence-electron chi connectivity index (χ2n) is 3.67. The number of aromatic nitrogens is 3. The maximum Gasteiger partial charge on any atom is 0.264 e. The molecule has 2 aromatic rings. The van der Waals surface area contributed by atoms with E-state index in [4.69, 9.17) is 16.3 Å². The number of anilines is 1. The highest BCUT2D eigenvalue weighted by atomic mass is 79.9. The molecule has 0 aliphatic rings. The van der Waals surface area contributed by atoms with Gasteiger partial charge in [-0.3, -0.25) is 4.72 Å². The standard InChI is InChI=1S/C10H8BrClN4O4S/c1-20-10-6(11)2-5(4-13-10)21(18,19)16-9-7(17)3-8(12)14-15-9/h2-4H,1H3,(H,14,17)(H,15,16). The van der Waals surface area contributed by atoms with Gasteiger partial charge in [-0.05, 0) is 22.0 Å². The Morgan fingerprint density at radius 3 is 2.67 bits per heavy atom. The third kappa shape index (κ3) is 3.52. The molecule has 0 unspecified atom stereocenters. The molecular weight excluding hydrogens is 388 g/mol. The van der Waals surface area contributed by atoms with E-state index in [1.54, 1.807) is 0 Å². The minimum Gasteiger partial charge on any atom is -0.504 e. The Kier molecular flexibility index (Phi) is 4.49. The number of ether oxygens (including phenoxy) is 1. The number of hydrogen-bond donors (Lipinski definition) is 2. The van der Waals surface area contributed by atoms with E-state index < -0.39 is 15.8 Å². The molecule has 0 saturated heterocycles. The molecule has 0 radical (unpaired) electrons. The van der Waals surface area contributed by atoms with Gasteiger partial charge in [-0.2, -0.15) is 0 Å². The van der Waals surface area contributed by atoms with Crippen LogP contribution in [0, 0.1) is 0 Å². The summed E-state index contributed by atoms with van der Waals surface area (Å²) in [6.45, 7) is 0. The molecule has 0 bridgehead atoms. The first-order chi connectivity index (χ1) is 9.83. The zero-order valence-electron chi connectivity index (χ0n) is 10.4. The van der Waals surface area contributed by atoms with Crippen LogP contribution in [0.3, 0.4) is 0 Å². The molecule has 8 nitrogen and oxygen atoms in total. The predicted octanol–water partition coefficient (Wildman–Crippen LogP) is 1.80. The van der Waals surface area contributed by atoms with E-state index in [0.29, 0.717) is 4.47 Å². The summed E-state index contributed by atoms with van der Waals surface area (Å²) in [5.74, 6) is -0.548. The number of rotatable bonds is 4. The minimum atomic E-state index is -4.00. The first-order valence-electron chi connectivity index (χ1n) is 5.28. The Bertz CT molecular complexity index is 787. The molecule has 0 aromatic carbocycles. The number of nitrogens with zero attached hydrogens (tertiary/aromatic N) is 3. The van der Waals surface area contributed by atoms with E-state index in [1.807, 2.05) is 0 Å². The van der Waals surface area contributed by atoms with Gasteiger partial charge >= 0.3 is 0 Å². The number of hydrogen-bond acceptors (Lipinski definition) is 7. The number of aromatic hydroxyl groups is 1. The lowest BCUT2D eigenvalue weighted by Crippen LogP contribution is -2.15. The van der Waals surface area contributed by atoms with Crippen molar-refractivity contribution in [3.8, 4) is 11.6 Å². The Morgan fingerprint density at radius 2 is 2.10 bits per heavy atom. The summed E-state index contributed by atoms with van der Waals surface area (Å²) in [6, 6.07) is 2.36. The summed E-state index contributed by atoms with van der Waals surface area (Å²) in [6.07, 6.45) is 1.10. The van der Waals surface area contributed by atoms with Gasteiger partial charge in [-0.15, -0.1) is 10.2 Å². The molecule has 2 heterocycles. The van der Waals surface area contributed by atoms with Gasteiger partial charge in [0.1, 0.15) is 4.90 Å². The molecule has 0 aliphatic heterocycles. The molecular formula is C10H8BrClN4O4S. The maximum atomic E-state index is 12.2. The van der Waals surface area contributed by atoms with Crippen LogP contribution in [0.25, 0.3) is 0 Å². The Labute approximate surface area is 133 Å². The lowest BCUT2D eigenvalue weighted by molar-refractivity contribution is 0.394. The summed E-state index contributed by atoms with van der Waals surface area (Å²) >= 11 is 8.65. The van der Waals surface area contributed by atoms with Crippen molar-refractivity contribution in [3.63, 3.8) is 0 Å². The van der Waals surface area contributed by atoms with Crippen molar-refractivity contribution < 1.29 is 18.3 Å². The molecule has 0 spiro atoms. The van der Waals surface area contributed by atoms with Crippen LogP contribution >= 0.6 is 27.5 Å². The molecule has 11 heteroatoms. The van der Waals surface area contributed by atoms with Crippen molar-refractivity contribution in [1.82, 2.24) is 15.2 Å². The highest BCUT2D eigenvalue weighted by Gasteiger charge is 2.19. The summed E-state index contributed by atoms with van der Waals surface area (Å²) in [5, 5.41) is 16.4. The highest BCUT2D eigenvalue weighted by molar-refractivity contribution is 9.10. The first-order valence-corrected chi connectivity index (χ1v) is 7.93. The molecule has 0 fully saturated rings. The normalized spacial score (nSPS) is 11.2. The number of halogens is 2. The van der Waals surface area contributed by atoms with Crippen molar-refractivity contribution in [3.05, 3.63) is 28.0 Å². The Morgan fingerprint density at radius 1 is 1.38 bits per heavy atom. The number of sulfonamides is 1. The fourth-order valence-electron chi connectivity index (χ4n) is 1.32. The Balaban J connectivity index is 2.36. The average molecular weight is 396 g/mol. The molecule has 2 aromatic heterocycles. The quantitative estimate of drug-likeness (QED) is 0.811. The molecule has 2 rings (SSSR count). The molecule has 0 aliphatic carbocycles. The van der Waals surface area contributed by atoms with Crippen molar-refractivity contribution in [2.24, 2.45) is 0 Å². The van der Waals surface area contributed by atoms with Crippen molar-refractivity contribution in [2.45, 2.75) is 4.90 Å². The van der Waals surface area contributed by atoms with Crippen LogP contribution in [0.5, 0.6) is 11.6 Å². The zero-order valence-corrected chi connectivity index (χ0v) is 13.6. The second kappa shape index (κ2) is 6.00. The van der Waals surface area contributed by atoms with Gasteiger partial charge in [0, 0.05) is 6.07 Å². The fourth-order valence-corrected chi connectivity index (χ4v) is 3.11. The van der Waals surface area contributed by atoms with Crippen molar-refractivity contribution in [1.29, 1.82) is 0 Å². The zero-order chi connectivity index (χ0) is 15.6. The highest BCUT2D eigenvalue weighted by Crippen LogP contribution is 2.27. The monoisotopic (exact) mass is 394 g/mol.